The molecule has 7 heteroatoms. The first kappa shape index (κ1) is 20.2. The highest BCUT2D eigenvalue weighted by atomic mass is 19.1. The summed E-state index contributed by atoms with van der Waals surface area (Å²) in [5, 5.41) is 4.66. The fourth-order valence-electron chi connectivity index (χ4n) is 4.21. The van der Waals surface area contributed by atoms with Gasteiger partial charge in [-0.2, -0.15) is 5.10 Å². The first-order valence-electron chi connectivity index (χ1n) is 10.7. The maximum absolute atomic E-state index is 13.7. The predicted octanol–water partition coefficient (Wildman–Crippen LogP) is 5.02. The van der Waals surface area contributed by atoms with Gasteiger partial charge in [-0.1, -0.05) is 24.3 Å². The molecule has 1 atom stereocenters. The first-order chi connectivity index (χ1) is 15.6. The van der Waals surface area contributed by atoms with Gasteiger partial charge in [0.1, 0.15) is 17.4 Å². The zero-order chi connectivity index (χ0) is 22.1. The molecule has 6 nitrogen and oxygen atoms in total. The number of ether oxygens (including phenoxy) is 1. The van der Waals surface area contributed by atoms with Crippen LogP contribution in [0.25, 0.3) is 17.8 Å². The van der Waals surface area contributed by atoms with Gasteiger partial charge >= 0.3 is 0 Å². The summed E-state index contributed by atoms with van der Waals surface area (Å²) in [6.07, 6.45) is 9.55. The Morgan fingerprint density at radius 3 is 2.84 bits per heavy atom. The van der Waals surface area contributed by atoms with Crippen molar-refractivity contribution in [2.45, 2.75) is 32.2 Å². The van der Waals surface area contributed by atoms with Crippen molar-refractivity contribution in [3.05, 3.63) is 89.3 Å². The second-order valence-corrected chi connectivity index (χ2v) is 7.99. The summed E-state index contributed by atoms with van der Waals surface area (Å²) in [5.74, 6) is 2.14. The smallest absolute Gasteiger partial charge is 0.174 e. The van der Waals surface area contributed by atoms with E-state index in [1.807, 2.05) is 58.8 Å². The van der Waals surface area contributed by atoms with Gasteiger partial charge in [0.05, 0.1) is 24.8 Å². The van der Waals surface area contributed by atoms with Gasteiger partial charge in [0, 0.05) is 18.7 Å². The van der Waals surface area contributed by atoms with Crippen LogP contribution in [0.1, 0.15) is 47.2 Å². The number of hydrogen-bond acceptors (Lipinski definition) is 4. The van der Waals surface area contributed by atoms with Crippen molar-refractivity contribution >= 4 is 12.2 Å². The normalized spacial score (nSPS) is 15.8. The fourth-order valence-corrected chi connectivity index (χ4v) is 4.21. The fraction of sp³-hybridized carbons (Fsp3) is 0.240. The summed E-state index contributed by atoms with van der Waals surface area (Å²) in [6.45, 7) is 2.78. The Labute approximate surface area is 186 Å². The lowest BCUT2D eigenvalue weighted by Crippen LogP contribution is -2.18. The van der Waals surface area contributed by atoms with Crippen LogP contribution in [0, 0.1) is 12.7 Å². The number of benzene rings is 2. The standard InChI is InChI=1S/C25H24FN5O/c1-17-15-30(16-27-17)22-10-8-18(13-23(22)32-2)9-11-24-28-25-21(7-4-12-31(25)29-24)19-5-3-6-20(26)14-19/h3,5-6,8-11,13-16,21H,4,7,12H2,1-2H3/b11-9+/t21-/m1/s1. The summed E-state index contributed by atoms with van der Waals surface area (Å²) >= 11 is 0. The minimum absolute atomic E-state index is 0.0621. The quantitative estimate of drug-likeness (QED) is 0.447. The van der Waals surface area contributed by atoms with Gasteiger partial charge in [0.2, 0.25) is 0 Å². The van der Waals surface area contributed by atoms with E-state index in [9.17, 15) is 4.39 Å². The summed E-state index contributed by atoms with van der Waals surface area (Å²) in [4.78, 5) is 9.05. The van der Waals surface area contributed by atoms with Crippen molar-refractivity contribution in [1.82, 2.24) is 24.3 Å². The maximum atomic E-state index is 13.7. The molecule has 2 aromatic heterocycles. The molecule has 1 aliphatic rings. The molecule has 0 N–H and O–H groups in total. The molecule has 0 fully saturated rings. The molecular formula is C25H24FN5O. The molecule has 0 unspecified atom stereocenters. The van der Waals surface area contributed by atoms with E-state index >= 15 is 0 Å². The summed E-state index contributed by atoms with van der Waals surface area (Å²) in [5.41, 5.74) is 3.81. The van der Waals surface area contributed by atoms with Crippen LogP contribution in [0.3, 0.4) is 0 Å². The van der Waals surface area contributed by atoms with Gasteiger partial charge in [-0.3, -0.25) is 0 Å². The van der Waals surface area contributed by atoms with Crippen molar-refractivity contribution in [1.29, 1.82) is 0 Å². The van der Waals surface area contributed by atoms with Gasteiger partial charge in [-0.05, 0) is 61.2 Å². The topological polar surface area (TPSA) is 57.8 Å². The number of nitrogens with zero attached hydrogens (tertiary/aromatic N) is 5. The number of methoxy groups -OCH3 is 1. The molecule has 5 rings (SSSR count). The van der Waals surface area contributed by atoms with Crippen molar-refractivity contribution in [3.8, 4) is 11.4 Å². The third-order valence-electron chi connectivity index (χ3n) is 5.76. The first-order valence-corrected chi connectivity index (χ1v) is 10.7. The maximum Gasteiger partial charge on any atom is 0.174 e. The van der Waals surface area contributed by atoms with Crippen LogP contribution in [0.15, 0.2) is 55.0 Å². The van der Waals surface area contributed by atoms with Crippen LogP contribution in [0.2, 0.25) is 0 Å². The Hall–Kier alpha value is -3.74. The molecule has 0 radical (unpaired) electrons. The molecule has 4 aromatic rings. The van der Waals surface area contributed by atoms with E-state index in [4.69, 9.17) is 9.72 Å². The number of hydrogen-bond donors (Lipinski definition) is 0. The van der Waals surface area contributed by atoms with E-state index < -0.39 is 0 Å². The van der Waals surface area contributed by atoms with Crippen LogP contribution < -0.4 is 4.74 Å². The van der Waals surface area contributed by atoms with E-state index in [-0.39, 0.29) is 11.7 Å². The van der Waals surface area contributed by atoms with Crippen LogP contribution in [-0.2, 0) is 6.54 Å². The highest BCUT2D eigenvalue weighted by molar-refractivity contribution is 5.69. The van der Waals surface area contributed by atoms with E-state index in [0.29, 0.717) is 5.82 Å². The molecule has 0 saturated carbocycles. The zero-order valence-corrected chi connectivity index (χ0v) is 18.1. The lowest BCUT2D eigenvalue weighted by molar-refractivity contribution is 0.413. The van der Waals surface area contributed by atoms with Gasteiger partial charge in [-0.25, -0.2) is 19.0 Å². The molecular weight excluding hydrogens is 405 g/mol. The molecule has 0 aliphatic carbocycles. The molecule has 162 valence electrons. The predicted molar refractivity (Wildman–Crippen MR) is 121 cm³/mol. The van der Waals surface area contributed by atoms with Gasteiger partial charge in [0.15, 0.2) is 5.82 Å². The van der Waals surface area contributed by atoms with E-state index in [1.54, 1.807) is 25.6 Å². The molecule has 0 amide bonds. The monoisotopic (exact) mass is 429 g/mol. The molecule has 0 spiro atoms. The highest BCUT2D eigenvalue weighted by Crippen LogP contribution is 2.32. The minimum Gasteiger partial charge on any atom is -0.495 e. The summed E-state index contributed by atoms with van der Waals surface area (Å²) in [7, 11) is 1.66. The Balaban J connectivity index is 1.41. The Kier molecular flexibility index (Phi) is 5.31. The average Bonchev–Trinajstić information content (AvgIpc) is 3.43. The van der Waals surface area contributed by atoms with E-state index in [1.165, 1.54) is 6.07 Å². The van der Waals surface area contributed by atoms with Crippen molar-refractivity contribution in [3.63, 3.8) is 0 Å². The van der Waals surface area contributed by atoms with Gasteiger partial charge in [-0.15, -0.1) is 0 Å². The van der Waals surface area contributed by atoms with Crippen LogP contribution in [0.5, 0.6) is 5.75 Å². The number of aryl methyl sites for hydroxylation is 2. The molecule has 0 bridgehead atoms. The second kappa shape index (κ2) is 8.42. The third kappa shape index (κ3) is 3.93. The largest absolute Gasteiger partial charge is 0.495 e. The number of fused-ring (bicyclic) bond motifs is 1. The number of imidazole rings is 1. The average molecular weight is 429 g/mol. The van der Waals surface area contributed by atoms with Crippen LogP contribution in [-0.4, -0.2) is 31.4 Å². The number of rotatable bonds is 5. The lowest BCUT2D eigenvalue weighted by Gasteiger charge is -2.22. The van der Waals surface area contributed by atoms with Gasteiger partial charge in [0.25, 0.3) is 0 Å². The highest BCUT2D eigenvalue weighted by Gasteiger charge is 2.25. The lowest BCUT2D eigenvalue weighted by atomic mass is 9.91. The third-order valence-corrected chi connectivity index (χ3v) is 5.76. The SMILES string of the molecule is COc1cc(/C=C/c2nc3n(n2)CCC[C@@H]3c2cccc(F)c2)ccc1-n1cnc(C)c1. The Bertz CT molecular complexity index is 1290. The van der Waals surface area contributed by atoms with Crippen LogP contribution >= 0.6 is 0 Å². The summed E-state index contributed by atoms with van der Waals surface area (Å²) < 4.78 is 23.2. The van der Waals surface area contributed by atoms with Crippen molar-refractivity contribution in [2.75, 3.05) is 7.11 Å². The minimum atomic E-state index is -0.220. The Morgan fingerprint density at radius 1 is 1.16 bits per heavy atom. The van der Waals surface area contributed by atoms with Crippen molar-refractivity contribution in [2.24, 2.45) is 0 Å². The van der Waals surface area contributed by atoms with Gasteiger partial charge < -0.3 is 9.30 Å². The molecule has 1 aliphatic heterocycles. The molecule has 3 heterocycles. The molecule has 2 aromatic carbocycles. The Morgan fingerprint density at radius 2 is 2.06 bits per heavy atom. The van der Waals surface area contributed by atoms with Crippen molar-refractivity contribution < 1.29 is 9.13 Å². The summed E-state index contributed by atoms with van der Waals surface area (Å²) in [6, 6.07) is 12.8. The van der Waals surface area contributed by atoms with E-state index in [0.717, 1.165) is 53.5 Å². The number of aromatic nitrogens is 5. The second-order valence-electron chi connectivity index (χ2n) is 7.99. The van der Waals surface area contributed by atoms with Crippen LogP contribution in [0.4, 0.5) is 4.39 Å². The van der Waals surface area contributed by atoms with E-state index in [2.05, 4.69) is 10.1 Å². The number of halogens is 1. The zero-order valence-electron chi connectivity index (χ0n) is 18.1. The molecule has 0 saturated heterocycles. The molecule has 32 heavy (non-hydrogen) atoms.